The van der Waals surface area contributed by atoms with Gasteiger partial charge in [0.05, 0.1) is 0 Å². The minimum absolute atomic E-state index is 1.17. The summed E-state index contributed by atoms with van der Waals surface area (Å²) in [7, 11) is 0. The second kappa shape index (κ2) is 10.0. The van der Waals surface area contributed by atoms with Crippen LogP contribution >= 0.6 is 34.4 Å². The highest BCUT2D eigenvalue weighted by Crippen LogP contribution is 1.92. The molecule has 3 heteroatoms. The third-order valence-corrected chi connectivity index (χ3v) is 2.60. The molecule has 62 valence electrons. The Morgan fingerprint density at radius 1 is 1.30 bits per heavy atom. The highest BCUT2D eigenvalue weighted by atomic mass is 127. The molecule has 0 aliphatic rings. The molecule has 1 nitrogen and oxygen atoms in total. The Labute approximate surface area is 81.9 Å². The van der Waals surface area contributed by atoms with Gasteiger partial charge < -0.3 is 5.32 Å². The van der Waals surface area contributed by atoms with Gasteiger partial charge in [-0.15, -0.1) is 0 Å². The minimum atomic E-state index is 1.17. The zero-order valence-electron chi connectivity index (χ0n) is 6.53. The molecule has 0 unspecified atom stereocenters. The second-order valence-corrected chi connectivity index (χ2v) is 4.20. The summed E-state index contributed by atoms with van der Waals surface area (Å²) < 4.78 is 1.29. The van der Waals surface area contributed by atoms with Crippen molar-refractivity contribution in [2.75, 3.05) is 29.5 Å². The van der Waals surface area contributed by atoms with Gasteiger partial charge in [-0.1, -0.05) is 22.6 Å². The van der Waals surface area contributed by atoms with Gasteiger partial charge in [-0.2, -0.15) is 11.8 Å². The topological polar surface area (TPSA) is 12.0 Å². The first-order valence-corrected chi connectivity index (χ1v) is 6.59. The molecule has 0 rings (SSSR count). The number of hydrogen-bond acceptors (Lipinski definition) is 2. The standard InChI is InChI=1S/C7H16INS/c1-10-7-6-9-5-3-2-4-8/h9H,2-7H2,1H3. The third-order valence-electron chi connectivity index (χ3n) is 1.22. The zero-order valence-corrected chi connectivity index (χ0v) is 9.50. The van der Waals surface area contributed by atoms with Crippen LogP contribution < -0.4 is 5.32 Å². The van der Waals surface area contributed by atoms with E-state index in [0.717, 1.165) is 0 Å². The van der Waals surface area contributed by atoms with Crippen LogP contribution in [0.25, 0.3) is 0 Å². The molecule has 0 aromatic rings. The van der Waals surface area contributed by atoms with Crippen molar-refractivity contribution in [3.05, 3.63) is 0 Å². The first-order chi connectivity index (χ1) is 4.91. The Kier molecular flexibility index (Phi) is 11.1. The molecule has 0 spiro atoms. The number of halogens is 1. The fourth-order valence-electron chi connectivity index (χ4n) is 0.644. The monoisotopic (exact) mass is 273 g/mol. The van der Waals surface area contributed by atoms with Crippen LogP contribution in [0.2, 0.25) is 0 Å². The highest BCUT2D eigenvalue weighted by molar-refractivity contribution is 14.1. The molecule has 0 heterocycles. The number of alkyl halides is 1. The Balaban J connectivity index is 2.65. The summed E-state index contributed by atoms with van der Waals surface area (Å²) in [5.74, 6) is 1.24. The molecule has 0 fully saturated rings. The lowest BCUT2D eigenvalue weighted by atomic mass is 10.3. The molecular weight excluding hydrogens is 257 g/mol. The first kappa shape index (κ1) is 11.0. The third kappa shape index (κ3) is 9.04. The van der Waals surface area contributed by atoms with Crippen molar-refractivity contribution in [3.63, 3.8) is 0 Å². The van der Waals surface area contributed by atoms with Crippen molar-refractivity contribution in [2.24, 2.45) is 0 Å². The largest absolute Gasteiger partial charge is 0.316 e. The summed E-state index contributed by atoms with van der Waals surface area (Å²) in [5.41, 5.74) is 0. The average molecular weight is 273 g/mol. The van der Waals surface area contributed by atoms with Crippen molar-refractivity contribution in [3.8, 4) is 0 Å². The van der Waals surface area contributed by atoms with Gasteiger partial charge in [0.15, 0.2) is 0 Å². The van der Waals surface area contributed by atoms with E-state index in [1.807, 2.05) is 11.8 Å². The summed E-state index contributed by atoms with van der Waals surface area (Å²) in [6, 6.07) is 0. The molecule has 0 aromatic heterocycles. The van der Waals surface area contributed by atoms with Crippen molar-refractivity contribution in [1.82, 2.24) is 5.32 Å². The quantitative estimate of drug-likeness (QED) is 0.433. The van der Waals surface area contributed by atoms with Crippen molar-refractivity contribution in [1.29, 1.82) is 0 Å². The molecule has 0 aliphatic heterocycles. The van der Waals surface area contributed by atoms with E-state index in [1.54, 1.807) is 0 Å². The molecule has 0 bridgehead atoms. The van der Waals surface area contributed by atoms with E-state index in [9.17, 15) is 0 Å². The highest BCUT2D eigenvalue weighted by Gasteiger charge is 1.86. The van der Waals surface area contributed by atoms with Crippen molar-refractivity contribution >= 4 is 34.4 Å². The molecule has 0 aromatic carbocycles. The molecule has 0 atom stereocenters. The maximum atomic E-state index is 3.40. The molecule has 0 saturated carbocycles. The fourth-order valence-corrected chi connectivity index (χ4v) is 1.53. The summed E-state index contributed by atoms with van der Waals surface area (Å²) in [4.78, 5) is 0. The van der Waals surface area contributed by atoms with Gasteiger partial charge in [-0.05, 0) is 30.1 Å². The fraction of sp³-hybridized carbons (Fsp3) is 1.00. The predicted octanol–water partition coefficient (Wildman–Crippen LogP) is 2.15. The molecule has 0 aliphatic carbocycles. The van der Waals surface area contributed by atoms with Crippen LogP contribution in [0.3, 0.4) is 0 Å². The summed E-state index contributed by atoms with van der Waals surface area (Å²) in [6.07, 6.45) is 4.83. The Morgan fingerprint density at radius 3 is 2.70 bits per heavy atom. The van der Waals surface area contributed by atoms with Crippen LogP contribution in [0.15, 0.2) is 0 Å². The molecule has 10 heavy (non-hydrogen) atoms. The number of thioether (sulfide) groups is 1. The number of nitrogens with one attached hydrogen (secondary N) is 1. The smallest absolute Gasteiger partial charge is 0.00553 e. The van der Waals surface area contributed by atoms with E-state index < -0.39 is 0 Å². The van der Waals surface area contributed by atoms with E-state index >= 15 is 0 Å². The van der Waals surface area contributed by atoms with Gasteiger partial charge in [0.2, 0.25) is 0 Å². The SMILES string of the molecule is CSCCNCCCCI. The molecular formula is C7H16INS. The van der Waals surface area contributed by atoms with Gasteiger partial charge in [-0.3, -0.25) is 0 Å². The minimum Gasteiger partial charge on any atom is -0.316 e. The second-order valence-electron chi connectivity index (χ2n) is 2.14. The van der Waals surface area contributed by atoms with Crippen LogP contribution in [0.4, 0.5) is 0 Å². The normalized spacial score (nSPS) is 10.2. The lowest BCUT2D eigenvalue weighted by Crippen LogP contribution is -2.18. The van der Waals surface area contributed by atoms with Crippen LogP contribution in [0.1, 0.15) is 12.8 Å². The Morgan fingerprint density at radius 2 is 2.10 bits per heavy atom. The molecule has 0 radical (unpaired) electrons. The zero-order chi connectivity index (χ0) is 7.66. The van der Waals surface area contributed by atoms with Crippen molar-refractivity contribution < 1.29 is 0 Å². The van der Waals surface area contributed by atoms with Crippen LogP contribution in [-0.4, -0.2) is 29.5 Å². The van der Waals surface area contributed by atoms with Gasteiger partial charge in [0.1, 0.15) is 0 Å². The number of unbranched alkanes of at least 4 members (excludes halogenated alkanes) is 1. The predicted molar refractivity (Wildman–Crippen MR) is 59.4 cm³/mol. The summed E-state index contributed by atoms with van der Waals surface area (Å²) in [6.45, 7) is 2.37. The molecule has 1 N–H and O–H groups in total. The molecule has 0 amide bonds. The summed E-state index contributed by atoms with van der Waals surface area (Å²) in [5, 5.41) is 3.40. The Hall–Kier alpha value is 1.04. The van der Waals surface area contributed by atoms with E-state index in [0.29, 0.717) is 0 Å². The van der Waals surface area contributed by atoms with Gasteiger partial charge in [-0.25, -0.2) is 0 Å². The lowest BCUT2D eigenvalue weighted by molar-refractivity contribution is 0.671. The van der Waals surface area contributed by atoms with Gasteiger partial charge in [0.25, 0.3) is 0 Å². The Bertz CT molecular complexity index is 53.6. The van der Waals surface area contributed by atoms with Gasteiger partial charge in [0, 0.05) is 12.3 Å². The number of hydrogen-bond donors (Lipinski definition) is 1. The first-order valence-electron chi connectivity index (χ1n) is 3.67. The van der Waals surface area contributed by atoms with Crippen LogP contribution in [-0.2, 0) is 0 Å². The lowest BCUT2D eigenvalue weighted by Gasteiger charge is -2.00. The van der Waals surface area contributed by atoms with Gasteiger partial charge >= 0.3 is 0 Å². The van der Waals surface area contributed by atoms with E-state index in [1.165, 1.54) is 36.1 Å². The van der Waals surface area contributed by atoms with Crippen molar-refractivity contribution in [2.45, 2.75) is 12.8 Å². The number of rotatable bonds is 7. The van der Waals surface area contributed by atoms with E-state index in [4.69, 9.17) is 0 Å². The average Bonchev–Trinajstić information content (AvgIpc) is 1.97. The maximum absolute atomic E-state index is 3.40. The maximum Gasteiger partial charge on any atom is 0.00553 e. The van der Waals surface area contributed by atoms with E-state index in [2.05, 4.69) is 34.2 Å². The van der Waals surface area contributed by atoms with Crippen LogP contribution in [0.5, 0.6) is 0 Å². The summed E-state index contributed by atoms with van der Waals surface area (Å²) >= 11 is 4.33. The van der Waals surface area contributed by atoms with E-state index in [-0.39, 0.29) is 0 Å². The molecule has 0 saturated heterocycles. The van der Waals surface area contributed by atoms with Crippen LogP contribution in [0, 0.1) is 0 Å².